The van der Waals surface area contributed by atoms with Crippen LogP contribution < -0.4 is 9.64 Å². The van der Waals surface area contributed by atoms with Gasteiger partial charge in [0.15, 0.2) is 3.61 Å². The Morgan fingerprint density at radius 3 is 2.31 bits per heavy atom. The highest BCUT2D eigenvalue weighted by Gasteiger charge is 2.35. The minimum absolute atomic E-state index is 0.112. The molecule has 0 radical (unpaired) electrons. The number of β-amino-alcohol motifs (C(OH)–C–C–N with tert-alkyl or cyclic N) is 1. The van der Waals surface area contributed by atoms with Gasteiger partial charge in [-0.25, -0.2) is 13.2 Å². The lowest BCUT2D eigenvalue weighted by atomic mass is 10.00. The van der Waals surface area contributed by atoms with Crippen molar-refractivity contribution in [2.75, 3.05) is 44.3 Å². The first-order valence-corrected chi connectivity index (χ1v) is 12.8. The number of nitrogens with zero attached hydrogens (tertiary/aromatic N) is 2. The third kappa shape index (κ3) is 6.44. The third-order valence-electron chi connectivity index (χ3n) is 6.05. The lowest BCUT2D eigenvalue weighted by Crippen LogP contribution is -2.51. The fourth-order valence-electron chi connectivity index (χ4n) is 4.38. The maximum atomic E-state index is 13.8. The summed E-state index contributed by atoms with van der Waals surface area (Å²) in [4.78, 5) is 4.11. The summed E-state index contributed by atoms with van der Waals surface area (Å²) in [5.41, 5.74) is 1.76. The van der Waals surface area contributed by atoms with E-state index < -0.39 is 15.2 Å². The van der Waals surface area contributed by atoms with Crippen LogP contribution in [0.25, 0.3) is 0 Å². The Labute approximate surface area is 226 Å². The van der Waals surface area contributed by atoms with Gasteiger partial charge in [-0.15, -0.1) is 0 Å². The Balaban J connectivity index is 1.60. The molecule has 2 N–H and O–H groups in total. The average Bonchev–Trinajstić information content (AvgIpc) is 2.83. The second-order valence-electron chi connectivity index (χ2n) is 8.60. The van der Waals surface area contributed by atoms with Gasteiger partial charge in [0, 0.05) is 43.9 Å². The molecule has 1 heterocycles. The van der Waals surface area contributed by atoms with Crippen LogP contribution >= 0.6 is 34.2 Å². The number of piperazine rings is 1. The van der Waals surface area contributed by atoms with E-state index in [0.29, 0.717) is 30.4 Å². The first-order chi connectivity index (χ1) is 17.2. The molecular weight excluding hydrogens is 608 g/mol. The van der Waals surface area contributed by atoms with Crippen LogP contribution in [-0.4, -0.2) is 54.5 Å². The molecule has 3 aromatic rings. The zero-order valence-corrected chi connectivity index (χ0v) is 22.1. The van der Waals surface area contributed by atoms with Gasteiger partial charge in [-0.05, 0) is 64.6 Å². The number of benzene rings is 3. The number of aliphatic hydroxyl groups excluding tert-OH is 1. The lowest BCUT2D eigenvalue weighted by Gasteiger charge is -2.45. The summed E-state index contributed by atoms with van der Waals surface area (Å²) in [6, 6.07) is 14.3. The summed E-state index contributed by atoms with van der Waals surface area (Å²) in [6.07, 6.45) is 0. The van der Waals surface area contributed by atoms with Crippen LogP contribution in [0.5, 0.6) is 5.75 Å². The fraction of sp³-hybridized carbons (Fsp3) is 0.308. The molecule has 36 heavy (non-hydrogen) atoms. The van der Waals surface area contributed by atoms with E-state index in [9.17, 15) is 18.3 Å². The van der Waals surface area contributed by atoms with Crippen LogP contribution in [-0.2, 0) is 3.61 Å². The maximum absolute atomic E-state index is 13.8. The second kappa shape index (κ2) is 11.6. The molecule has 1 saturated heterocycles. The van der Waals surface area contributed by atoms with Gasteiger partial charge in [0.2, 0.25) is 0 Å². The van der Waals surface area contributed by atoms with Crippen molar-refractivity contribution in [3.63, 3.8) is 0 Å². The van der Waals surface area contributed by atoms with Crippen LogP contribution in [0, 0.1) is 17.5 Å². The van der Waals surface area contributed by atoms with Crippen LogP contribution in [0.2, 0.25) is 5.02 Å². The first-order valence-electron chi connectivity index (χ1n) is 11.3. The van der Waals surface area contributed by atoms with Crippen LogP contribution in [0.4, 0.5) is 18.9 Å². The summed E-state index contributed by atoms with van der Waals surface area (Å²) in [7, 11) is 0. The Morgan fingerprint density at radius 2 is 1.67 bits per heavy atom. The molecule has 0 amide bonds. The molecule has 0 saturated carbocycles. The van der Waals surface area contributed by atoms with Crippen molar-refractivity contribution in [2.24, 2.45) is 0 Å². The summed E-state index contributed by atoms with van der Waals surface area (Å²) in [6.45, 7) is 1.70. The summed E-state index contributed by atoms with van der Waals surface area (Å²) < 4.78 is 45.2. The van der Waals surface area contributed by atoms with Crippen molar-refractivity contribution in [1.29, 1.82) is 0 Å². The molecule has 192 valence electrons. The van der Waals surface area contributed by atoms with E-state index in [-0.39, 0.29) is 37.2 Å². The van der Waals surface area contributed by atoms with E-state index >= 15 is 0 Å². The molecule has 4 rings (SSSR count). The Hall–Kier alpha value is -2.05. The molecule has 10 heteroatoms. The van der Waals surface area contributed by atoms with E-state index in [0.717, 1.165) is 29.4 Å². The highest BCUT2D eigenvalue weighted by molar-refractivity contribution is 14.1. The number of hydrogen-bond acceptors (Lipinski definition) is 5. The lowest BCUT2D eigenvalue weighted by molar-refractivity contribution is 0.0854. The van der Waals surface area contributed by atoms with E-state index in [4.69, 9.17) is 21.4 Å². The number of aliphatic hydroxyl groups is 2. The SMILES string of the molecule is OCCOc1ccc(N2CCN(C[C@](O)(I)c3cc(F)cc(F)c3)C[C@H]2c2ccc(F)cc2)c(Cl)c1. The van der Waals surface area contributed by atoms with E-state index in [1.807, 2.05) is 11.0 Å². The predicted molar refractivity (Wildman–Crippen MR) is 141 cm³/mol. The van der Waals surface area contributed by atoms with Gasteiger partial charge >= 0.3 is 0 Å². The number of halogens is 5. The van der Waals surface area contributed by atoms with E-state index in [2.05, 4.69) is 4.90 Å². The molecule has 0 aromatic heterocycles. The van der Waals surface area contributed by atoms with Crippen molar-refractivity contribution in [2.45, 2.75) is 9.65 Å². The zero-order chi connectivity index (χ0) is 25.9. The monoisotopic (exact) mass is 632 g/mol. The molecular formula is C26H25ClF3IN2O3. The van der Waals surface area contributed by atoms with Crippen molar-refractivity contribution in [3.05, 3.63) is 94.3 Å². The standard InChI is InChI=1S/C26H25ClF3IN2O3/c27-23-14-22(36-10-9-34)5-6-24(23)33-8-7-32(15-25(33)17-1-3-19(28)4-2-17)16-26(31,35)18-11-20(29)13-21(30)12-18/h1-6,11-14,25,34-35H,7-10,15-16H2/t25-,26+/m0/s1. The molecule has 1 aliphatic heterocycles. The molecule has 5 nitrogen and oxygen atoms in total. The van der Waals surface area contributed by atoms with Crippen molar-refractivity contribution < 1.29 is 28.1 Å². The van der Waals surface area contributed by atoms with Gasteiger partial charge in [-0.1, -0.05) is 23.7 Å². The zero-order valence-electron chi connectivity index (χ0n) is 19.2. The maximum Gasteiger partial charge on any atom is 0.153 e. The van der Waals surface area contributed by atoms with Gasteiger partial charge in [0.05, 0.1) is 23.4 Å². The largest absolute Gasteiger partial charge is 0.491 e. The predicted octanol–water partition coefficient (Wildman–Crippen LogP) is 5.27. The third-order valence-corrected chi connectivity index (χ3v) is 7.31. The average molecular weight is 633 g/mol. The first kappa shape index (κ1) is 27.0. The normalized spacial score (nSPS) is 18.2. The molecule has 3 aromatic carbocycles. The number of anilines is 1. The highest BCUT2D eigenvalue weighted by atomic mass is 127. The van der Waals surface area contributed by atoms with Crippen LogP contribution in [0.1, 0.15) is 17.2 Å². The second-order valence-corrected chi connectivity index (χ2v) is 10.8. The number of hydrogen-bond donors (Lipinski definition) is 2. The smallest absolute Gasteiger partial charge is 0.153 e. The molecule has 0 aliphatic carbocycles. The summed E-state index contributed by atoms with van der Waals surface area (Å²) in [5, 5.41) is 20.6. The van der Waals surface area contributed by atoms with Gasteiger partial charge < -0.3 is 19.8 Å². The van der Waals surface area contributed by atoms with E-state index in [1.54, 1.807) is 46.9 Å². The van der Waals surface area contributed by atoms with E-state index in [1.165, 1.54) is 12.1 Å². The molecule has 0 bridgehead atoms. The molecule has 1 fully saturated rings. The topological polar surface area (TPSA) is 56.2 Å². The highest BCUT2D eigenvalue weighted by Crippen LogP contribution is 2.39. The molecule has 0 spiro atoms. The molecule has 0 unspecified atom stereocenters. The van der Waals surface area contributed by atoms with Crippen molar-refractivity contribution in [3.8, 4) is 5.75 Å². The van der Waals surface area contributed by atoms with Gasteiger partial charge in [0.1, 0.15) is 29.8 Å². The Bertz CT molecular complexity index is 1180. The number of ether oxygens (including phenoxy) is 1. The number of alkyl halides is 1. The summed E-state index contributed by atoms with van der Waals surface area (Å²) >= 11 is 8.41. The quantitative estimate of drug-likeness (QED) is 0.262. The molecule has 1 aliphatic rings. The van der Waals surface area contributed by atoms with Crippen molar-refractivity contribution in [1.82, 2.24) is 4.90 Å². The summed E-state index contributed by atoms with van der Waals surface area (Å²) in [5.74, 6) is -1.33. The minimum atomic E-state index is -1.53. The Morgan fingerprint density at radius 1 is 0.972 bits per heavy atom. The van der Waals surface area contributed by atoms with Crippen LogP contribution in [0.3, 0.4) is 0 Å². The van der Waals surface area contributed by atoms with Gasteiger partial charge in [-0.3, -0.25) is 4.90 Å². The van der Waals surface area contributed by atoms with Crippen molar-refractivity contribution >= 4 is 39.9 Å². The van der Waals surface area contributed by atoms with Gasteiger partial charge in [0.25, 0.3) is 0 Å². The van der Waals surface area contributed by atoms with Gasteiger partial charge in [-0.2, -0.15) is 0 Å². The van der Waals surface area contributed by atoms with Crippen LogP contribution in [0.15, 0.2) is 60.7 Å². The Kier molecular flexibility index (Phi) is 8.67. The fourth-order valence-corrected chi connectivity index (χ4v) is 5.45. The minimum Gasteiger partial charge on any atom is -0.491 e. The molecule has 2 atom stereocenters. The number of rotatable bonds is 8.